The van der Waals surface area contributed by atoms with Crippen molar-refractivity contribution in [3.8, 4) is 11.3 Å². The number of furan rings is 1. The number of thioether (sulfide) groups is 1. The molecular formula is C20H14ClFN4O2S. The van der Waals surface area contributed by atoms with Gasteiger partial charge in [0.2, 0.25) is 0 Å². The fourth-order valence-electron chi connectivity index (χ4n) is 2.56. The molecule has 2 aromatic heterocycles. The van der Waals surface area contributed by atoms with E-state index in [4.69, 9.17) is 16.0 Å². The summed E-state index contributed by atoms with van der Waals surface area (Å²) in [7, 11) is 0. The molecule has 2 aromatic carbocycles. The van der Waals surface area contributed by atoms with Crippen LogP contribution in [-0.4, -0.2) is 21.1 Å². The minimum Gasteiger partial charge on any atom is -0.451 e. The van der Waals surface area contributed by atoms with Gasteiger partial charge in [0.05, 0.1) is 5.02 Å². The van der Waals surface area contributed by atoms with Gasteiger partial charge in [-0.3, -0.25) is 9.89 Å². The highest BCUT2D eigenvalue weighted by Gasteiger charge is 2.13. The van der Waals surface area contributed by atoms with Crippen molar-refractivity contribution in [2.75, 3.05) is 5.32 Å². The van der Waals surface area contributed by atoms with E-state index in [2.05, 4.69) is 20.5 Å². The van der Waals surface area contributed by atoms with Gasteiger partial charge in [0, 0.05) is 17.0 Å². The van der Waals surface area contributed by atoms with Crippen LogP contribution in [0.2, 0.25) is 5.02 Å². The molecule has 0 aliphatic heterocycles. The van der Waals surface area contributed by atoms with Gasteiger partial charge in [0.1, 0.15) is 17.9 Å². The molecule has 0 aliphatic carbocycles. The van der Waals surface area contributed by atoms with E-state index in [0.29, 0.717) is 17.0 Å². The maximum absolute atomic E-state index is 13.3. The number of nitrogens with one attached hydrogen (secondary N) is 2. The van der Waals surface area contributed by atoms with Crippen LogP contribution in [-0.2, 0) is 5.75 Å². The number of rotatable bonds is 6. The molecule has 2 heterocycles. The van der Waals surface area contributed by atoms with Gasteiger partial charge in [-0.05, 0) is 48.0 Å². The molecule has 0 radical (unpaired) electrons. The minimum atomic E-state index is -0.511. The van der Waals surface area contributed by atoms with Gasteiger partial charge in [-0.2, -0.15) is 5.10 Å². The monoisotopic (exact) mass is 428 g/mol. The number of hydrogen-bond donors (Lipinski definition) is 2. The summed E-state index contributed by atoms with van der Waals surface area (Å²) in [6.07, 6.45) is 1.46. The Morgan fingerprint density at radius 3 is 2.72 bits per heavy atom. The van der Waals surface area contributed by atoms with Crippen molar-refractivity contribution < 1.29 is 13.6 Å². The molecule has 0 spiro atoms. The number of carbonyl (C=O) groups is 1. The quantitative estimate of drug-likeness (QED) is 0.401. The van der Waals surface area contributed by atoms with Crippen LogP contribution in [0.4, 0.5) is 10.1 Å². The largest absolute Gasteiger partial charge is 0.451 e. The molecule has 6 nitrogen and oxygen atoms in total. The Morgan fingerprint density at radius 2 is 2.00 bits per heavy atom. The SMILES string of the molecule is O=C(Nc1ccc(CSc2ncn[nH]2)cc1)c1ccc(-c2ccc(F)c(Cl)c2)o1. The number of nitrogens with zero attached hydrogens (tertiary/aromatic N) is 2. The van der Waals surface area contributed by atoms with E-state index in [1.807, 2.05) is 24.3 Å². The summed E-state index contributed by atoms with van der Waals surface area (Å²) in [5, 5.41) is 10.1. The maximum atomic E-state index is 13.3. The standard InChI is InChI=1S/C20H14ClFN4O2S/c21-15-9-13(3-6-16(15)22)17-7-8-18(28-17)19(27)25-14-4-1-12(2-5-14)10-29-20-23-11-24-26-20/h1-9,11H,10H2,(H,25,27)(H,23,24,26). The maximum Gasteiger partial charge on any atom is 0.291 e. The first-order chi connectivity index (χ1) is 14.1. The molecule has 146 valence electrons. The van der Waals surface area contributed by atoms with E-state index in [1.165, 1.54) is 36.3 Å². The smallest absolute Gasteiger partial charge is 0.291 e. The lowest BCUT2D eigenvalue weighted by atomic mass is 10.2. The van der Waals surface area contributed by atoms with E-state index >= 15 is 0 Å². The molecule has 0 unspecified atom stereocenters. The van der Waals surface area contributed by atoms with Crippen molar-refractivity contribution in [3.63, 3.8) is 0 Å². The number of aromatic nitrogens is 3. The zero-order valence-corrected chi connectivity index (χ0v) is 16.4. The molecule has 0 aliphatic rings. The highest BCUT2D eigenvalue weighted by molar-refractivity contribution is 7.98. The zero-order chi connectivity index (χ0) is 20.2. The Hall–Kier alpha value is -3.10. The third-order valence-corrected chi connectivity index (χ3v) is 5.25. The van der Waals surface area contributed by atoms with Gasteiger partial charge in [-0.15, -0.1) is 0 Å². The van der Waals surface area contributed by atoms with Crippen molar-refractivity contribution in [2.24, 2.45) is 0 Å². The van der Waals surface area contributed by atoms with Crippen molar-refractivity contribution in [1.29, 1.82) is 0 Å². The summed E-state index contributed by atoms with van der Waals surface area (Å²) in [6.45, 7) is 0. The minimum absolute atomic E-state index is 0.00790. The Kier molecular flexibility index (Phi) is 5.64. The molecule has 4 rings (SSSR count). The van der Waals surface area contributed by atoms with Crippen LogP contribution in [0.15, 0.2) is 70.5 Å². The van der Waals surface area contributed by atoms with Crippen LogP contribution in [0.1, 0.15) is 16.1 Å². The highest BCUT2D eigenvalue weighted by atomic mass is 35.5. The Bertz CT molecular complexity index is 1130. The third-order valence-electron chi connectivity index (χ3n) is 4.01. The van der Waals surface area contributed by atoms with E-state index in [1.54, 1.807) is 12.1 Å². The molecule has 0 bridgehead atoms. The number of halogens is 2. The van der Waals surface area contributed by atoms with Crippen molar-refractivity contribution >= 4 is 35.0 Å². The number of carbonyl (C=O) groups excluding carboxylic acids is 1. The Morgan fingerprint density at radius 1 is 1.17 bits per heavy atom. The molecule has 9 heteroatoms. The predicted octanol–water partition coefficient (Wildman–Crippen LogP) is 5.40. The number of aromatic amines is 1. The van der Waals surface area contributed by atoms with Crippen LogP contribution in [0.5, 0.6) is 0 Å². The van der Waals surface area contributed by atoms with Crippen molar-refractivity contribution in [3.05, 3.63) is 83.1 Å². The first kappa shape index (κ1) is 19.2. The Balaban J connectivity index is 1.39. The molecule has 4 aromatic rings. The summed E-state index contributed by atoms with van der Waals surface area (Å²) >= 11 is 7.33. The second-order valence-corrected chi connectivity index (χ2v) is 7.39. The zero-order valence-electron chi connectivity index (χ0n) is 14.9. The van der Waals surface area contributed by atoms with Crippen LogP contribution in [0.25, 0.3) is 11.3 Å². The molecule has 29 heavy (non-hydrogen) atoms. The van der Waals surface area contributed by atoms with Gasteiger partial charge in [-0.25, -0.2) is 9.37 Å². The van der Waals surface area contributed by atoms with Crippen molar-refractivity contribution in [2.45, 2.75) is 10.9 Å². The second kappa shape index (κ2) is 8.50. The van der Waals surface area contributed by atoms with Gasteiger partial charge >= 0.3 is 0 Å². The van der Waals surface area contributed by atoms with Gasteiger partial charge in [0.25, 0.3) is 5.91 Å². The lowest BCUT2D eigenvalue weighted by molar-refractivity contribution is 0.0997. The van der Waals surface area contributed by atoms with Crippen molar-refractivity contribution in [1.82, 2.24) is 15.2 Å². The number of H-pyrrole nitrogens is 1. The van der Waals surface area contributed by atoms with E-state index in [9.17, 15) is 9.18 Å². The summed E-state index contributed by atoms with van der Waals surface area (Å²) < 4.78 is 18.9. The summed E-state index contributed by atoms with van der Waals surface area (Å²) in [6, 6.07) is 14.9. The molecule has 0 fully saturated rings. The molecule has 0 saturated carbocycles. The third kappa shape index (κ3) is 4.67. The lowest BCUT2D eigenvalue weighted by Gasteiger charge is -2.05. The fourth-order valence-corrected chi connectivity index (χ4v) is 3.47. The highest BCUT2D eigenvalue weighted by Crippen LogP contribution is 2.27. The van der Waals surface area contributed by atoms with E-state index in [0.717, 1.165) is 16.5 Å². The number of hydrogen-bond acceptors (Lipinski definition) is 5. The molecule has 0 atom stereocenters. The molecule has 2 N–H and O–H groups in total. The first-order valence-corrected chi connectivity index (χ1v) is 9.88. The molecular weight excluding hydrogens is 415 g/mol. The van der Waals surface area contributed by atoms with Crippen LogP contribution in [0, 0.1) is 5.82 Å². The molecule has 1 amide bonds. The van der Waals surface area contributed by atoms with Gasteiger partial charge in [0.15, 0.2) is 10.9 Å². The lowest BCUT2D eigenvalue weighted by Crippen LogP contribution is -2.10. The average Bonchev–Trinajstić information content (AvgIpc) is 3.42. The number of amides is 1. The normalized spacial score (nSPS) is 10.8. The van der Waals surface area contributed by atoms with Crippen LogP contribution in [0.3, 0.4) is 0 Å². The van der Waals surface area contributed by atoms with E-state index in [-0.39, 0.29) is 16.7 Å². The summed E-state index contributed by atoms with van der Waals surface area (Å²) in [4.78, 5) is 16.5. The summed E-state index contributed by atoms with van der Waals surface area (Å²) in [5.41, 5.74) is 2.31. The van der Waals surface area contributed by atoms with Crippen LogP contribution < -0.4 is 5.32 Å². The van der Waals surface area contributed by atoms with E-state index < -0.39 is 5.82 Å². The van der Waals surface area contributed by atoms with Crippen LogP contribution >= 0.6 is 23.4 Å². The summed E-state index contributed by atoms with van der Waals surface area (Å²) in [5.74, 6) is 0.406. The topological polar surface area (TPSA) is 83.8 Å². The number of anilines is 1. The Labute approximate surface area is 174 Å². The second-order valence-electron chi connectivity index (χ2n) is 6.02. The first-order valence-electron chi connectivity index (χ1n) is 8.52. The van der Waals surface area contributed by atoms with Gasteiger partial charge < -0.3 is 9.73 Å². The van der Waals surface area contributed by atoms with Gasteiger partial charge in [-0.1, -0.05) is 35.5 Å². The predicted molar refractivity (Wildman–Crippen MR) is 109 cm³/mol. The average molecular weight is 429 g/mol. The molecule has 0 saturated heterocycles. The fraction of sp³-hybridized carbons (Fsp3) is 0.0500. The number of benzene rings is 2.